The number of thiophene rings is 1. The zero-order chi connectivity index (χ0) is 19.0. The lowest BCUT2D eigenvalue weighted by Crippen LogP contribution is -2.16. The van der Waals surface area contributed by atoms with Crippen LogP contribution in [0, 0.1) is 5.92 Å². The number of hydrogen-bond donors (Lipinski definition) is 1. The van der Waals surface area contributed by atoms with Gasteiger partial charge in [0, 0.05) is 17.6 Å². The first kappa shape index (κ1) is 18.6. The number of anilines is 1. The third-order valence-corrected chi connectivity index (χ3v) is 6.31. The Morgan fingerprint density at radius 3 is 2.78 bits per heavy atom. The number of aromatic nitrogens is 3. The molecule has 0 radical (unpaired) electrons. The minimum atomic E-state index is 0.628. The number of rotatable bonds is 7. The first-order valence-corrected chi connectivity index (χ1v) is 10.8. The van der Waals surface area contributed by atoms with E-state index in [1.54, 1.807) is 17.7 Å². The molecule has 3 aromatic rings. The van der Waals surface area contributed by atoms with Gasteiger partial charge >= 0.3 is 0 Å². The van der Waals surface area contributed by atoms with Crippen molar-refractivity contribution >= 4 is 37.6 Å². The van der Waals surface area contributed by atoms with Crippen LogP contribution in [0.1, 0.15) is 43.5 Å². The number of fused-ring (bicyclic) bond motifs is 5. The van der Waals surface area contributed by atoms with E-state index in [4.69, 9.17) is 4.98 Å². The summed E-state index contributed by atoms with van der Waals surface area (Å²) in [6.45, 7) is 6.54. The molecule has 1 aliphatic rings. The fourth-order valence-corrected chi connectivity index (χ4v) is 5.20. The standard InChI is InChI=1S/C21H29N5S/c1-13(2)11-16-14-7-5-8-15(14)17-18-19(27-21(17)25-16)20(24-12-23-18)22-9-6-10-26(3)4/h12-13H,5-11H2,1-4H3,(H,22,23,24). The molecule has 3 heterocycles. The third kappa shape index (κ3) is 3.65. The van der Waals surface area contributed by atoms with Crippen LogP contribution >= 0.6 is 11.3 Å². The molecule has 0 saturated carbocycles. The van der Waals surface area contributed by atoms with Crippen molar-refractivity contribution in [1.29, 1.82) is 0 Å². The lowest BCUT2D eigenvalue weighted by Gasteiger charge is -2.11. The Labute approximate surface area is 165 Å². The maximum Gasteiger partial charge on any atom is 0.147 e. The van der Waals surface area contributed by atoms with Gasteiger partial charge in [0.2, 0.25) is 0 Å². The zero-order valence-electron chi connectivity index (χ0n) is 16.8. The van der Waals surface area contributed by atoms with E-state index in [2.05, 4.69) is 48.1 Å². The lowest BCUT2D eigenvalue weighted by molar-refractivity contribution is 0.405. The second-order valence-electron chi connectivity index (χ2n) is 8.23. The van der Waals surface area contributed by atoms with E-state index in [1.165, 1.54) is 35.0 Å². The summed E-state index contributed by atoms with van der Waals surface area (Å²) < 4.78 is 1.15. The summed E-state index contributed by atoms with van der Waals surface area (Å²) >= 11 is 1.75. The van der Waals surface area contributed by atoms with Crippen LogP contribution in [0.15, 0.2) is 6.33 Å². The Bertz CT molecular complexity index is 960. The van der Waals surface area contributed by atoms with Crippen LogP contribution < -0.4 is 5.32 Å². The fourth-order valence-electron chi connectivity index (χ4n) is 4.06. The van der Waals surface area contributed by atoms with Gasteiger partial charge < -0.3 is 10.2 Å². The molecule has 0 amide bonds. The summed E-state index contributed by atoms with van der Waals surface area (Å²) in [6.07, 6.45) is 7.41. The molecule has 1 N–H and O–H groups in total. The zero-order valence-corrected chi connectivity index (χ0v) is 17.6. The van der Waals surface area contributed by atoms with E-state index in [9.17, 15) is 0 Å². The molecule has 0 spiro atoms. The molecule has 144 valence electrons. The van der Waals surface area contributed by atoms with E-state index in [0.29, 0.717) is 5.92 Å². The topological polar surface area (TPSA) is 53.9 Å². The van der Waals surface area contributed by atoms with Crippen LogP contribution in [0.5, 0.6) is 0 Å². The predicted molar refractivity (Wildman–Crippen MR) is 115 cm³/mol. The maximum absolute atomic E-state index is 5.10. The van der Waals surface area contributed by atoms with Crippen molar-refractivity contribution in [2.45, 2.75) is 46.0 Å². The second-order valence-corrected chi connectivity index (χ2v) is 9.23. The molecule has 0 saturated heterocycles. The van der Waals surface area contributed by atoms with Gasteiger partial charge in [-0.3, -0.25) is 0 Å². The summed E-state index contributed by atoms with van der Waals surface area (Å²) in [6, 6.07) is 0. The van der Waals surface area contributed by atoms with E-state index in [1.807, 2.05) is 0 Å². The number of pyridine rings is 1. The number of nitrogens with zero attached hydrogens (tertiary/aromatic N) is 4. The highest BCUT2D eigenvalue weighted by molar-refractivity contribution is 7.26. The van der Waals surface area contributed by atoms with Gasteiger partial charge in [0.15, 0.2) is 0 Å². The van der Waals surface area contributed by atoms with Crippen molar-refractivity contribution in [1.82, 2.24) is 19.9 Å². The Hall–Kier alpha value is -1.79. The van der Waals surface area contributed by atoms with Crippen LogP contribution in [0.3, 0.4) is 0 Å². The summed E-state index contributed by atoms with van der Waals surface area (Å²) in [5.74, 6) is 1.58. The van der Waals surface area contributed by atoms with Gasteiger partial charge in [-0.15, -0.1) is 11.3 Å². The molecule has 4 rings (SSSR count). The minimum absolute atomic E-state index is 0.628. The monoisotopic (exact) mass is 383 g/mol. The second kappa shape index (κ2) is 7.68. The first-order chi connectivity index (χ1) is 13.0. The largest absolute Gasteiger partial charge is 0.369 e. The molecule has 0 aliphatic heterocycles. The SMILES string of the molecule is CC(C)Cc1nc2sc3c(NCCCN(C)C)ncnc3c2c2c1CCC2. The molecule has 0 fully saturated rings. The van der Waals surface area contributed by atoms with Gasteiger partial charge in [0.05, 0.1) is 10.2 Å². The molecule has 27 heavy (non-hydrogen) atoms. The molecule has 3 aromatic heterocycles. The van der Waals surface area contributed by atoms with Crippen LogP contribution in [-0.2, 0) is 19.3 Å². The molecule has 0 atom stereocenters. The summed E-state index contributed by atoms with van der Waals surface area (Å²) in [7, 11) is 4.21. The van der Waals surface area contributed by atoms with Crippen LogP contribution in [0.25, 0.3) is 20.4 Å². The highest BCUT2D eigenvalue weighted by Crippen LogP contribution is 2.41. The van der Waals surface area contributed by atoms with Gasteiger partial charge in [-0.1, -0.05) is 13.8 Å². The lowest BCUT2D eigenvalue weighted by atomic mass is 9.99. The Kier molecular flexibility index (Phi) is 5.28. The minimum Gasteiger partial charge on any atom is -0.369 e. The van der Waals surface area contributed by atoms with Crippen LogP contribution in [0.2, 0.25) is 0 Å². The van der Waals surface area contributed by atoms with Gasteiger partial charge in [0.1, 0.15) is 17.0 Å². The fraction of sp³-hybridized carbons (Fsp3) is 0.571. The predicted octanol–water partition coefficient (Wildman–Crippen LogP) is 4.29. The van der Waals surface area contributed by atoms with Gasteiger partial charge in [-0.2, -0.15) is 0 Å². The van der Waals surface area contributed by atoms with E-state index >= 15 is 0 Å². The summed E-state index contributed by atoms with van der Waals surface area (Å²) in [5.41, 5.74) is 5.39. The normalized spacial score (nSPS) is 14.0. The molecule has 0 unspecified atom stereocenters. The molecule has 6 heteroatoms. The Morgan fingerprint density at radius 2 is 2.00 bits per heavy atom. The smallest absolute Gasteiger partial charge is 0.147 e. The third-order valence-electron chi connectivity index (χ3n) is 5.23. The van der Waals surface area contributed by atoms with Crippen molar-refractivity contribution in [2.75, 3.05) is 32.5 Å². The molecule has 5 nitrogen and oxygen atoms in total. The Balaban J connectivity index is 1.76. The maximum atomic E-state index is 5.10. The van der Waals surface area contributed by atoms with Crippen molar-refractivity contribution < 1.29 is 0 Å². The van der Waals surface area contributed by atoms with Gasteiger partial charge in [-0.05, 0) is 69.8 Å². The quantitative estimate of drug-likeness (QED) is 0.617. The Morgan fingerprint density at radius 1 is 1.19 bits per heavy atom. The van der Waals surface area contributed by atoms with Crippen LogP contribution in [0.4, 0.5) is 5.82 Å². The molecular weight excluding hydrogens is 354 g/mol. The number of aryl methyl sites for hydroxylation is 1. The molecule has 0 aromatic carbocycles. The molecule has 1 aliphatic carbocycles. The van der Waals surface area contributed by atoms with E-state index in [0.717, 1.165) is 53.2 Å². The highest BCUT2D eigenvalue weighted by atomic mass is 32.1. The van der Waals surface area contributed by atoms with Gasteiger partial charge in [-0.25, -0.2) is 15.0 Å². The van der Waals surface area contributed by atoms with Crippen molar-refractivity contribution in [3.63, 3.8) is 0 Å². The number of hydrogen-bond acceptors (Lipinski definition) is 6. The first-order valence-electron chi connectivity index (χ1n) is 10.0. The summed E-state index contributed by atoms with van der Waals surface area (Å²) in [5, 5.41) is 4.81. The van der Waals surface area contributed by atoms with Crippen molar-refractivity contribution in [3.8, 4) is 0 Å². The van der Waals surface area contributed by atoms with Crippen molar-refractivity contribution in [3.05, 3.63) is 23.1 Å². The average Bonchev–Trinajstić information content (AvgIpc) is 3.22. The molecule has 0 bridgehead atoms. The van der Waals surface area contributed by atoms with Gasteiger partial charge in [0.25, 0.3) is 0 Å². The average molecular weight is 384 g/mol. The highest BCUT2D eigenvalue weighted by Gasteiger charge is 2.24. The van der Waals surface area contributed by atoms with E-state index < -0.39 is 0 Å². The van der Waals surface area contributed by atoms with Crippen molar-refractivity contribution in [2.24, 2.45) is 5.92 Å². The summed E-state index contributed by atoms with van der Waals surface area (Å²) in [4.78, 5) is 17.6. The number of nitrogens with one attached hydrogen (secondary N) is 1. The van der Waals surface area contributed by atoms with Crippen LogP contribution in [-0.4, -0.2) is 47.0 Å². The molecular formula is C21H29N5S. The van der Waals surface area contributed by atoms with E-state index in [-0.39, 0.29) is 0 Å².